The van der Waals surface area contributed by atoms with Crippen LogP contribution in [0.15, 0.2) is 30.3 Å². The molecule has 150 valence electrons. The molecule has 0 bridgehead atoms. The summed E-state index contributed by atoms with van der Waals surface area (Å²) in [5.41, 5.74) is 2.31. The third kappa shape index (κ3) is 5.34. The van der Waals surface area contributed by atoms with E-state index >= 15 is 0 Å². The predicted molar refractivity (Wildman–Crippen MR) is 111 cm³/mol. The zero-order valence-electron chi connectivity index (χ0n) is 16.9. The molecule has 2 aromatic rings. The predicted octanol–water partition coefficient (Wildman–Crippen LogP) is 4.12. The number of carbonyl (C=O) groups is 1. The summed E-state index contributed by atoms with van der Waals surface area (Å²) in [6, 6.07) is 10.6. The van der Waals surface area contributed by atoms with Gasteiger partial charge in [-0.05, 0) is 50.8 Å². The fourth-order valence-corrected chi connectivity index (χ4v) is 3.31. The summed E-state index contributed by atoms with van der Waals surface area (Å²) in [5.74, 6) is 2.28. The number of anilines is 3. The van der Waals surface area contributed by atoms with Crippen molar-refractivity contribution >= 4 is 23.4 Å². The number of piperidine rings is 1. The molecule has 7 heteroatoms. The Morgan fingerprint density at radius 3 is 2.46 bits per heavy atom. The Kier molecular flexibility index (Phi) is 6.68. The van der Waals surface area contributed by atoms with E-state index in [4.69, 9.17) is 4.74 Å². The summed E-state index contributed by atoms with van der Waals surface area (Å²) in [6.07, 6.45) is 2.53. The lowest BCUT2D eigenvalue weighted by Crippen LogP contribution is -2.42. The van der Waals surface area contributed by atoms with Gasteiger partial charge in [-0.15, -0.1) is 0 Å². The summed E-state index contributed by atoms with van der Waals surface area (Å²) < 4.78 is 5.08. The lowest BCUT2D eigenvalue weighted by atomic mass is 10.1. The molecule has 0 atom stereocenters. The van der Waals surface area contributed by atoms with Gasteiger partial charge in [-0.3, -0.25) is 0 Å². The van der Waals surface area contributed by atoms with E-state index in [9.17, 15) is 4.79 Å². The number of ether oxygens (including phenoxy) is 1. The van der Waals surface area contributed by atoms with Crippen molar-refractivity contribution < 1.29 is 9.53 Å². The average Bonchev–Trinajstić information content (AvgIpc) is 2.69. The van der Waals surface area contributed by atoms with Crippen molar-refractivity contribution in [3.8, 4) is 0 Å². The number of rotatable bonds is 6. The van der Waals surface area contributed by atoms with Crippen molar-refractivity contribution in [2.75, 3.05) is 30.3 Å². The summed E-state index contributed by atoms with van der Waals surface area (Å²) in [6.45, 7) is 7.65. The SMILES string of the molecule is CCOC(=O)N1CCC(Nc2cc(Nc3ccc(CC)cc3)nc(C)n2)CC1. The molecule has 28 heavy (non-hydrogen) atoms. The van der Waals surface area contributed by atoms with E-state index < -0.39 is 0 Å². The lowest BCUT2D eigenvalue weighted by molar-refractivity contribution is 0.0983. The minimum atomic E-state index is -0.223. The maximum absolute atomic E-state index is 11.8. The molecule has 1 aromatic carbocycles. The zero-order chi connectivity index (χ0) is 19.9. The number of nitrogens with zero attached hydrogens (tertiary/aromatic N) is 3. The molecule has 3 rings (SSSR count). The molecule has 2 N–H and O–H groups in total. The molecule has 1 aliphatic rings. The standard InChI is InChI=1S/C21H29N5O2/c1-4-16-6-8-17(9-7-16)24-19-14-20(23-15(3)22-19)25-18-10-12-26(13-11-18)21(27)28-5-2/h6-9,14,18H,4-5,10-13H2,1-3H3,(H2,22,23,24,25). The van der Waals surface area contributed by atoms with Gasteiger partial charge in [-0.2, -0.15) is 0 Å². The molecule has 1 amide bonds. The minimum absolute atomic E-state index is 0.223. The van der Waals surface area contributed by atoms with Crippen molar-refractivity contribution in [2.45, 2.75) is 46.1 Å². The van der Waals surface area contributed by atoms with E-state index in [2.05, 4.69) is 51.8 Å². The molecule has 0 aliphatic carbocycles. The second-order valence-electron chi connectivity index (χ2n) is 6.97. The highest BCUT2D eigenvalue weighted by molar-refractivity contribution is 5.67. The second-order valence-corrected chi connectivity index (χ2v) is 6.97. The van der Waals surface area contributed by atoms with Crippen LogP contribution in [-0.2, 0) is 11.2 Å². The molecule has 1 fully saturated rings. The molecule has 1 aromatic heterocycles. The number of carbonyl (C=O) groups excluding carboxylic acids is 1. The summed E-state index contributed by atoms with van der Waals surface area (Å²) >= 11 is 0. The average molecular weight is 383 g/mol. The van der Waals surface area contributed by atoms with Crippen LogP contribution < -0.4 is 10.6 Å². The smallest absolute Gasteiger partial charge is 0.409 e. The van der Waals surface area contributed by atoms with Crippen LogP contribution in [0.1, 0.15) is 38.1 Å². The first kappa shape index (κ1) is 19.9. The van der Waals surface area contributed by atoms with E-state index in [1.165, 1.54) is 5.56 Å². The van der Waals surface area contributed by atoms with Crippen molar-refractivity contribution in [3.63, 3.8) is 0 Å². The molecule has 2 heterocycles. The van der Waals surface area contributed by atoms with Gasteiger partial charge in [0, 0.05) is 30.9 Å². The third-order valence-electron chi connectivity index (χ3n) is 4.85. The number of amides is 1. The number of nitrogens with one attached hydrogen (secondary N) is 2. The molecule has 1 saturated heterocycles. The molecule has 0 saturated carbocycles. The normalized spacial score (nSPS) is 14.6. The van der Waals surface area contributed by atoms with Crippen LogP contribution in [-0.4, -0.2) is 46.7 Å². The van der Waals surface area contributed by atoms with Crippen LogP contribution in [0.2, 0.25) is 0 Å². The highest BCUT2D eigenvalue weighted by Gasteiger charge is 2.23. The first-order valence-corrected chi connectivity index (χ1v) is 9.97. The van der Waals surface area contributed by atoms with Gasteiger partial charge in [0.05, 0.1) is 6.61 Å². The largest absolute Gasteiger partial charge is 0.450 e. The van der Waals surface area contributed by atoms with Crippen LogP contribution in [0, 0.1) is 6.92 Å². The summed E-state index contributed by atoms with van der Waals surface area (Å²) in [7, 11) is 0. The van der Waals surface area contributed by atoms with Crippen LogP contribution in [0.5, 0.6) is 0 Å². The molecule has 1 aliphatic heterocycles. The van der Waals surface area contributed by atoms with E-state index in [0.717, 1.165) is 36.6 Å². The monoisotopic (exact) mass is 383 g/mol. The molecule has 0 spiro atoms. The Bertz CT molecular complexity index is 786. The van der Waals surface area contributed by atoms with E-state index in [0.29, 0.717) is 25.5 Å². The molecular formula is C21H29N5O2. The highest BCUT2D eigenvalue weighted by atomic mass is 16.6. The number of likely N-dealkylation sites (tertiary alicyclic amines) is 1. The van der Waals surface area contributed by atoms with Crippen LogP contribution in [0.3, 0.4) is 0 Å². The van der Waals surface area contributed by atoms with Gasteiger partial charge in [0.1, 0.15) is 17.5 Å². The number of hydrogen-bond acceptors (Lipinski definition) is 6. The van der Waals surface area contributed by atoms with Gasteiger partial charge in [-0.25, -0.2) is 14.8 Å². The first-order valence-electron chi connectivity index (χ1n) is 9.97. The van der Waals surface area contributed by atoms with Crippen molar-refractivity contribution in [1.82, 2.24) is 14.9 Å². The number of hydrogen-bond donors (Lipinski definition) is 2. The minimum Gasteiger partial charge on any atom is -0.450 e. The van der Waals surface area contributed by atoms with Crippen LogP contribution in [0.4, 0.5) is 22.1 Å². The molecule has 0 radical (unpaired) electrons. The fourth-order valence-electron chi connectivity index (χ4n) is 3.31. The number of aryl methyl sites for hydroxylation is 2. The van der Waals surface area contributed by atoms with Crippen molar-refractivity contribution in [1.29, 1.82) is 0 Å². The summed E-state index contributed by atoms with van der Waals surface area (Å²) in [5, 5.41) is 6.84. The van der Waals surface area contributed by atoms with E-state index in [1.54, 1.807) is 4.90 Å². The van der Waals surface area contributed by atoms with E-state index in [-0.39, 0.29) is 12.1 Å². The Morgan fingerprint density at radius 1 is 1.14 bits per heavy atom. The number of benzene rings is 1. The van der Waals surface area contributed by atoms with Crippen LogP contribution in [0.25, 0.3) is 0 Å². The van der Waals surface area contributed by atoms with Gasteiger partial charge < -0.3 is 20.3 Å². The Morgan fingerprint density at radius 2 is 1.82 bits per heavy atom. The van der Waals surface area contributed by atoms with E-state index in [1.807, 2.05) is 19.9 Å². The van der Waals surface area contributed by atoms with Gasteiger partial charge in [0.15, 0.2) is 0 Å². The lowest BCUT2D eigenvalue weighted by Gasteiger charge is -2.31. The van der Waals surface area contributed by atoms with Gasteiger partial charge in [0.25, 0.3) is 0 Å². The maximum atomic E-state index is 11.8. The van der Waals surface area contributed by atoms with Gasteiger partial charge in [0.2, 0.25) is 0 Å². The second kappa shape index (κ2) is 9.39. The fraction of sp³-hybridized carbons (Fsp3) is 0.476. The molecule has 0 unspecified atom stereocenters. The van der Waals surface area contributed by atoms with Crippen molar-refractivity contribution in [2.24, 2.45) is 0 Å². The maximum Gasteiger partial charge on any atom is 0.409 e. The first-order chi connectivity index (χ1) is 13.6. The molecular weight excluding hydrogens is 354 g/mol. The highest BCUT2D eigenvalue weighted by Crippen LogP contribution is 2.21. The Balaban J connectivity index is 1.59. The van der Waals surface area contributed by atoms with Gasteiger partial charge in [-0.1, -0.05) is 19.1 Å². The van der Waals surface area contributed by atoms with Crippen molar-refractivity contribution in [3.05, 3.63) is 41.7 Å². The third-order valence-corrected chi connectivity index (χ3v) is 4.85. The van der Waals surface area contributed by atoms with Crippen LogP contribution >= 0.6 is 0 Å². The van der Waals surface area contributed by atoms with Gasteiger partial charge >= 0.3 is 6.09 Å². The Labute approximate surface area is 166 Å². The quantitative estimate of drug-likeness (QED) is 0.781. The number of aromatic nitrogens is 2. The summed E-state index contributed by atoms with van der Waals surface area (Å²) in [4.78, 5) is 22.6. The Hall–Kier alpha value is -2.83. The molecule has 7 nitrogen and oxygen atoms in total. The topological polar surface area (TPSA) is 79.4 Å². The zero-order valence-corrected chi connectivity index (χ0v) is 16.9.